The van der Waals surface area contributed by atoms with Gasteiger partial charge in [0.15, 0.2) is 5.13 Å². The number of esters is 1. The van der Waals surface area contributed by atoms with Crippen molar-refractivity contribution in [2.24, 2.45) is 5.73 Å². The van der Waals surface area contributed by atoms with E-state index in [1.54, 1.807) is 24.3 Å². The van der Waals surface area contributed by atoms with Crippen LogP contribution in [0.3, 0.4) is 0 Å². The molecule has 2 aromatic carbocycles. The Kier molecular flexibility index (Phi) is 7.74. The quantitative estimate of drug-likeness (QED) is 0.494. The minimum absolute atomic E-state index is 0.0522. The smallest absolute Gasteiger partial charge is 0.338 e. The number of amides is 1. The Bertz CT molecular complexity index is 1040. The molecule has 3 rings (SSSR count). The zero-order valence-corrected chi connectivity index (χ0v) is 19.1. The minimum atomic E-state index is -0.833. The van der Waals surface area contributed by atoms with Crippen molar-refractivity contribution in [3.05, 3.63) is 71.1 Å². The first-order chi connectivity index (χ1) is 15.2. The average molecular weight is 454 g/mol. The summed E-state index contributed by atoms with van der Waals surface area (Å²) in [7, 11) is 0. The number of nitrogens with one attached hydrogen (secondary N) is 1. The van der Waals surface area contributed by atoms with E-state index in [4.69, 9.17) is 15.2 Å². The second kappa shape index (κ2) is 10.5. The third-order valence-corrected chi connectivity index (χ3v) is 5.05. The predicted octanol–water partition coefficient (Wildman–Crippen LogP) is 4.25. The van der Waals surface area contributed by atoms with Crippen molar-refractivity contribution in [1.82, 2.24) is 4.98 Å². The van der Waals surface area contributed by atoms with Crippen LogP contribution >= 0.6 is 11.3 Å². The highest BCUT2D eigenvalue weighted by atomic mass is 32.1. The summed E-state index contributed by atoms with van der Waals surface area (Å²) >= 11 is 1.34. The van der Waals surface area contributed by atoms with E-state index in [0.717, 1.165) is 16.8 Å². The maximum absolute atomic E-state index is 12.3. The lowest BCUT2D eigenvalue weighted by atomic mass is 10.1. The number of thiazole rings is 1. The zero-order valence-electron chi connectivity index (χ0n) is 18.3. The fourth-order valence-electron chi connectivity index (χ4n) is 2.72. The van der Waals surface area contributed by atoms with Gasteiger partial charge in [0.05, 0.1) is 24.5 Å². The topological polar surface area (TPSA) is 104 Å². The minimum Gasteiger partial charge on any atom is -0.456 e. The molecule has 1 aromatic heterocycles. The molecule has 0 saturated carbocycles. The number of rotatable bonds is 8. The fourth-order valence-corrected chi connectivity index (χ4v) is 3.45. The Morgan fingerprint density at radius 3 is 2.44 bits per heavy atom. The van der Waals surface area contributed by atoms with Gasteiger partial charge in [0, 0.05) is 10.9 Å². The summed E-state index contributed by atoms with van der Waals surface area (Å²) in [6.45, 7) is 5.79. The molecular formula is C24H27N3O4S. The van der Waals surface area contributed by atoms with Crippen molar-refractivity contribution < 1.29 is 19.1 Å². The van der Waals surface area contributed by atoms with Gasteiger partial charge in [-0.05, 0) is 38.5 Å². The maximum Gasteiger partial charge on any atom is 0.338 e. The summed E-state index contributed by atoms with van der Waals surface area (Å²) in [5.41, 5.74) is 8.51. The average Bonchev–Trinajstić information content (AvgIpc) is 3.22. The molecule has 0 aliphatic rings. The summed E-state index contributed by atoms with van der Waals surface area (Å²) in [5, 5.41) is 5.10. The Morgan fingerprint density at radius 1 is 1.09 bits per heavy atom. The van der Waals surface area contributed by atoms with Crippen LogP contribution in [0, 0.1) is 0 Å². The molecule has 0 aliphatic carbocycles. The molecule has 1 atom stereocenters. The van der Waals surface area contributed by atoms with Crippen molar-refractivity contribution in [3.63, 3.8) is 0 Å². The van der Waals surface area contributed by atoms with Gasteiger partial charge in [-0.25, -0.2) is 9.78 Å². The standard InChI is InChI=1S/C24H27N3O4S/c1-24(2,3)31-22(29)18-11-9-16(10-12-18)13-30-14-19(25)21(28)27-23-26-20(15-32-23)17-7-5-4-6-8-17/h4-12,15,19H,13-14,25H2,1-3H3,(H,26,27,28). The number of ether oxygens (including phenoxy) is 2. The van der Waals surface area contributed by atoms with Gasteiger partial charge >= 0.3 is 5.97 Å². The van der Waals surface area contributed by atoms with E-state index in [0.29, 0.717) is 10.7 Å². The lowest BCUT2D eigenvalue weighted by Gasteiger charge is -2.19. The highest BCUT2D eigenvalue weighted by Crippen LogP contribution is 2.24. The van der Waals surface area contributed by atoms with Gasteiger partial charge in [-0.1, -0.05) is 42.5 Å². The summed E-state index contributed by atoms with van der Waals surface area (Å²) in [5.74, 6) is -0.736. The summed E-state index contributed by atoms with van der Waals surface area (Å²) in [4.78, 5) is 28.8. The first kappa shape index (κ1) is 23.6. The van der Waals surface area contributed by atoms with Crippen LogP contribution < -0.4 is 11.1 Å². The third-order valence-electron chi connectivity index (χ3n) is 4.30. The maximum atomic E-state index is 12.3. The first-order valence-corrected chi connectivity index (χ1v) is 11.1. The molecule has 7 nitrogen and oxygen atoms in total. The van der Waals surface area contributed by atoms with Crippen LogP contribution in [-0.2, 0) is 20.9 Å². The fraction of sp³-hybridized carbons (Fsp3) is 0.292. The Labute approximate surface area is 191 Å². The predicted molar refractivity (Wildman–Crippen MR) is 125 cm³/mol. The molecule has 8 heteroatoms. The monoisotopic (exact) mass is 453 g/mol. The summed E-state index contributed by atoms with van der Waals surface area (Å²) < 4.78 is 10.9. The molecule has 0 aliphatic heterocycles. The number of benzene rings is 2. The molecule has 168 valence electrons. The molecule has 3 N–H and O–H groups in total. The SMILES string of the molecule is CC(C)(C)OC(=O)c1ccc(COCC(N)C(=O)Nc2nc(-c3ccccc3)cs2)cc1. The van der Waals surface area contributed by atoms with Crippen molar-refractivity contribution in [2.75, 3.05) is 11.9 Å². The lowest BCUT2D eigenvalue weighted by Crippen LogP contribution is -2.39. The molecule has 1 heterocycles. The molecule has 3 aromatic rings. The number of nitrogens with two attached hydrogens (primary N) is 1. The molecule has 0 spiro atoms. The zero-order chi connectivity index (χ0) is 23.1. The third kappa shape index (κ3) is 6.98. The molecular weight excluding hydrogens is 426 g/mol. The van der Waals surface area contributed by atoms with Crippen LogP contribution in [0.4, 0.5) is 5.13 Å². The van der Waals surface area contributed by atoms with E-state index in [2.05, 4.69) is 10.3 Å². The van der Waals surface area contributed by atoms with Gasteiger partial charge in [0.25, 0.3) is 0 Å². The number of hydrogen-bond acceptors (Lipinski definition) is 7. The van der Waals surface area contributed by atoms with Crippen LogP contribution in [-0.4, -0.2) is 35.1 Å². The van der Waals surface area contributed by atoms with Crippen LogP contribution in [0.1, 0.15) is 36.7 Å². The summed E-state index contributed by atoms with van der Waals surface area (Å²) in [6, 6.07) is 15.8. The Hall–Kier alpha value is -3.07. The molecule has 32 heavy (non-hydrogen) atoms. The van der Waals surface area contributed by atoms with Crippen LogP contribution in [0.5, 0.6) is 0 Å². The van der Waals surface area contributed by atoms with E-state index in [1.165, 1.54) is 11.3 Å². The van der Waals surface area contributed by atoms with E-state index < -0.39 is 11.6 Å². The first-order valence-electron chi connectivity index (χ1n) is 10.2. The molecule has 1 amide bonds. The lowest BCUT2D eigenvalue weighted by molar-refractivity contribution is -0.118. The number of carbonyl (C=O) groups is 2. The Morgan fingerprint density at radius 2 is 1.78 bits per heavy atom. The second-order valence-electron chi connectivity index (χ2n) is 8.21. The van der Waals surface area contributed by atoms with Gasteiger partial charge in [0.2, 0.25) is 5.91 Å². The highest BCUT2D eigenvalue weighted by molar-refractivity contribution is 7.14. The van der Waals surface area contributed by atoms with Crippen LogP contribution in [0.25, 0.3) is 11.3 Å². The van der Waals surface area contributed by atoms with Crippen molar-refractivity contribution >= 4 is 28.3 Å². The van der Waals surface area contributed by atoms with Crippen molar-refractivity contribution in [2.45, 2.75) is 39.0 Å². The van der Waals surface area contributed by atoms with E-state index in [-0.39, 0.29) is 25.1 Å². The molecule has 0 saturated heterocycles. The van der Waals surface area contributed by atoms with Gasteiger partial charge in [-0.15, -0.1) is 11.3 Å². The second-order valence-corrected chi connectivity index (χ2v) is 9.07. The summed E-state index contributed by atoms with van der Waals surface area (Å²) in [6.07, 6.45) is 0. The molecule has 0 radical (unpaired) electrons. The van der Waals surface area contributed by atoms with Gasteiger partial charge in [-0.3, -0.25) is 4.79 Å². The number of aromatic nitrogens is 1. The van der Waals surface area contributed by atoms with Crippen LogP contribution in [0.2, 0.25) is 0 Å². The van der Waals surface area contributed by atoms with Gasteiger partial charge in [0.1, 0.15) is 11.6 Å². The van der Waals surface area contributed by atoms with Gasteiger partial charge in [-0.2, -0.15) is 0 Å². The van der Waals surface area contributed by atoms with E-state index in [9.17, 15) is 9.59 Å². The molecule has 0 fully saturated rings. The van der Waals surface area contributed by atoms with Crippen molar-refractivity contribution in [1.29, 1.82) is 0 Å². The largest absolute Gasteiger partial charge is 0.456 e. The van der Waals surface area contributed by atoms with Crippen molar-refractivity contribution in [3.8, 4) is 11.3 Å². The van der Waals surface area contributed by atoms with Gasteiger partial charge < -0.3 is 20.5 Å². The molecule has 1 unspecified atom stereocenters. The number of nitrogens with zero attached hydrogens (tertiary/aromatic N) is 1. The van der Waals surface area contributed by atoms with Crippen LogP contribution in [0.15, 0.2) is 60.0 Å². The number of hydrogen-bond donors (Lipinski definition) is 2. The number of carbonyl (C=O) groups excluding carboxylic acids is 2. The van der Waals surface area contributed by atoms with E-state index >= 15 is 0 Å². The molecule has 0 bridgehead atoms. The highest BCUT2D eigenvalue weighted by Gasteiger charge is 2.18. The number of anilines is 1. The Balaban J connectivity index is 1.44. The van der Waals surface area contributed by atoms with E-state index in [1.807, 2.05) is 56.5 Å². The normalized spacial score (nSPS) is 12.2.